The van der Waals surface area contributed by atoms with Gasteiger partial charge >= 0.3 is 23.4 Å². The summed E-state index contributed by atoms with van der Waals surface area (Å²) in [7, 11) is 6.54. The highest BCUT2D eigenvalue weighted by molar-refractivity contribution is 8.76. The van der Waals surface area contributed by atoms with Gasteiger partial charge in [-0.1, -0.05) is 148 Å². The molecule has 1 unspecified atom stereocenters. The first kappa shape index (κ1) is 108. The maximum atomic E-state index is 14.8. The Hall–Kier alpha value is -7.99. The lowest BCUT2D eigenvalue weighted by molar-refractivity contribution is -0.265. The van der Waals surface area contributed by atoms with E-state index in [-0.39, 0.29) is 118 Å². The Morgan fingerprint density at radius 3 is 2.04 bits per heavy atom. The molecule has 1 saturated carbocycles. The van der Waals surface area contributed by atoms with E-state index in [1.807, 2.05) is 99.7 Å². The first-order chi connectivity index (χ1) is 61.4. The summed E-state index contributed by atoms with van der Waals surface area (Å²) in [6.07, 6.45) is 0.378. The molecule has 5 aliphatic rings. The number of aliphatic hydroxyl groups is 7. The largest absolute Gasteiger partial charge is 0.508 e. The lowest BCUT2D eigenvalue weighted by Gasteiger charge is -2.42. The smallest absolute Gasteiger partial charge is 0.480 e. The third-order valence-electron chi connectivity index (χ3n) is 24.5. The van der Waals surface area contributed by atoms with E-state index in [1.165, 1.54) is 21.1 Å². The number of methoxy groups -OCH3 is 3. The Balaban J connectivity index is 0.903. The predicted octanol–water partition coefficient (Wildman–Crippen LogP) is 6.95. The third-order valence-corrected chi connectivity index (χ3v) is 27.7. The monoisotopic (exact) mass is 1870 g/mol. The zero-order valence-electron chi connectivity index (χ0n) is 75.5. The minimum absolute atomic E-state index is 0.0000339. The minimum Gasteiger partial charge on any atom is -0.480 e. The number of benzene rings is 2. The predicted molar refractivity (Wildman–Crippen MR) is 480 cm³/mol. The topological polar surface area (TPSA) is 501 Å². The van der Waals surface area contributed by atoms with Gasteiger partial charge in [-0.3, -0.25) is 38.4 Å². The van der Waals surface area contributed by atoms with Crippen LogP contribution in [0.1, 0.15) is 169 Å². The number of ether oxygens (including phenoxy) is 9. The second kappa shape index (κ2) is 54.2. The Morgan fingerprint density at radius 2 is 1.36 bits per heavy atom. The van der Waals surface area contributed by atoms with Crippen LogP contribution in [-0.2, 0) is 90.6 Å². The van der Waals surface area contributed by atoms with E-state index in [4.69, 9.17) is 47.7 Å². The summed E-state index contributed by atoms with van der Waals surface area (Å²) in [6.45, 7) is 11.4. The van der Waals surface area contributed by atoms with Crippen molar-refractivity contribution in [3.8, 4) is 11.1 Å². The van der Waals surface area contributed by atoms with Gasteiger partial charge in [0.15, 0.2) is 11.6 Å². The van der Waals surface area contributed by atoms with Crippen molar-refractivity contribution >= 4 is 104 Å². The maximum Gasteiger partial charge on any atom is 0.508 e. The molecule has 5 amide bonds. The van der Waals surface area contributed by atoms with Crippen molar-refractivity contribution in [1.82, 2.24) is 26.2 Å². The molecule has 0 spiro atoms. The van der Waals surface area contributed by atoms with E-state index in [1.54, 1.807) is 40.9 Å². The summed E-state index contributed by atoms with van der Waals surface area (Å²) in [5, 5.41) is 92.2. The lowest BCUT2D eigenvalue weighted by Crippen LogP contribution is -2.61. The van der Waals surface area contributed by atoms with E-state index in [2.05, 4.69) is 21.3 Å². The van der Waals surface area contributed by atoms with Crippen molar-refractivity contribution in [3.05, 3.63) is 107 Å². The SMILES string of the molecule is CO[C@H]1C[C@@H]2CC[C@@H](C)[C@@](O)(O2)C(=O)C(=O)N2CCCC[C@H]2C(=O)O[C@H]([C@H](C)C[C@@H]2CC[C@@H](OCCOC(=O)OCCSSC[C@H](NC(=O)[C@H](CNC(=O)CCSC(=O)OCC3c4ccccc4-c4ccccc43)NC(=O)[C@@H](C)CCC(=O)NC[C@H](O)[C@@H](O)[C@H](O)[C@H](O)CO)C(=O)O)[C@H](OC)C2)CC(=O)C(C)=CC(C)[C@@H](O)[C@@H](OC)C(=O)[C@H](C)C[C@H](C)C=CC=CC=C1C. The summed E-state index contributed by atoms with van der Waals surface area (Å²) in [6, 6.07) is 11.2. The van der Waals surface area contributed by atoms with Crippen LogP contribution in [0.3, 0.4) is 0 Å². The van der Waals surface area contributed by atoms with Crippen LogP contribution in [0.2, 0.25) is 0 Å². The molecule has 37 heteroatoms. The number of carboxylic acids is 1. The van der Waals surface area contributed by atoms with Gasteiger partial charge in [0, 0.05) is 113 Å². The molecule has 3 fully saturated rings. The lowest BCUT2D eigenvalue weighted by atomic mass is 9.78. The number of aliphatic hydroxyl groups excluding tert-OH is 6. The van der Waals surface area contributed by atoms with Crippen molar-refractivity contribution in [3.63, 3.8) is 0 Å². The van der Waals surface area contributed by atoms with Gasteiger partial charge in [-0.05, 0) is 147 Å². The van der Waals surface area contributed by atoms with E-state index in [0.717, 1.165) is 66.1 Å². The molecule has 7 rings (SSSR count). The first-order valence-electron chi connectivity index (χ1n) is 44.3. The van der Waals surface area contributed by atoms with Crippen molar-refractivity contribution in [1.29, 1.82) is 0 Å². The average molecular weight is 1870 g/mol. The highest BCUT2D eigenvalue weighted by Crippen LogP contribution is 2.45. The number of cyclic esters (lactones) is 1. The molecule has 22 atom stereocenters. The quantitative estimate of drug-likeness (QED) is 0.0107. The normalized spacial score (nSPS) is 26.7. The van der Waals surface area contributed by atoms with E-state index in [0.29, 0.717) is 57.8 Å². The first-order valence-corrected chi connectivity index (χ1v) is 47.8. The molecule has 2 aromatic carbocycles. The van der Waals surface area contributed by atoms with Gasteiger partial charge < -0.3 is 110 Å². The van der Waals surface area contributed by atoms with Crippen LogP contribution in [0.15, 0.2) is 96.1 Å². The minimum atomic E-state index is -2.52. The van der Waals surface area contributed by atoms with Crippen LogP contribution in [0, 0.1) is 41.4 Å². The molecule has 0 aromatic heterocycles. The summed E-state index contributed by atoms with van der Waals surface area (Å²) in [5.74, 6) is -15.0. The number of Topliss-reactive ketones (excluding diaryl/α,β-unsaturated/α-hetero) is 3. The number of fused-ring (bicyclic) bond motifs is 6. The number of carboxylic acid groups (broad SMARTS) is 1. The molecule has 2 bridgehead atoms. The number of carbonyl (C=O) groups excluding carboxylic acids is 11. The second-order valence-electron chi connectivity index (χ2n) is 34.2. The summed E-state index contributed by atoms with van der Waals surface area (Å²) in [4.78, 5) is 165. The summed E-state index contributed by atoms with van der Waals surface area (Å²) < 4.78 is 52.5. The van der Waals surface area contributed by atoms with E-state index >= 15 is 0 Å². The van der Waals surface area contributed by atoms with Gasteiger partial charge in [-0.2, -0.15) is 0 Å². The fraction of sp³-hybridized carbons (Fsp3) is 0.652. The number of carbonyl (C=O) groups is 12. The standard InChI is InChI=1S/C92H133N5O29S3/c1-52-21-13-12-14-22-53(2)74(118-9)45-61-31-29-59(8)92(117,126-61)84(108)87(111)97-35-20-19-27-69(97)89(114)125-75(46-70(99)55(4)42-58(7)80(105)83(120-11)79(104)57(6)41-52)56(5)43-60-30-32-73(76(44-60)119-10)121-36-37-122-90(115)123-38-40-128-129-51-68(88(112)113)96-86(110)67(95-85(109)54(3)28-33-77(102)94-48-71(100)81(106)82(107)72(101)49-98)47-93-78(103)34-39-127-91(116)124-50-66-64-25-17-15-23-62(64)63-24-16-18-26-65(63)66/h12-18,21-26,42,52,54,56-61,66-69,71-76,80-83,98,100-101,105-107,117H,19-20,27-41,43-51H2,1-11H3,(H,93,103)(H,94,102)(H,95,109)(H,96,110)(H,112,113)/t52-,54+,56-,57-,58?,59-,60+,61+,67+,68+,69+,71+,72-,73-,74+,75+,76-,80-,81-,82-,83+,92-/m1/s1. The average Bonchev–Trinajstić information content (AvgIpc) is 1.49. The third kappa shape index (κ3) is 32.7. The van der Waals surface area contributed by atoms with Gasteiger partial charge in [-0.25, -0.2) is 19.2 Å². The summed E-state index contributed by atoms with van der Waals surface area (Å²) in [5.41, 5.74) is 5.17. The number of allylic oxidation sites excluding steroid dienone is 6. The zero-order chi connectivity index (χ0) is 94.8. The van der Waals surface area contributed by atoms with E-state index in [9.17, 15) is 93.3 Å². The van der Waals surface area contributed by atoms with Crippen LogP contribution >= 0.6 is 33.3 Å². The number of aliphatic carboxylic acids is 1. The molecule has 718 valence electrons. The number of nitrogens with zero attached hydrogens (tertiary/aromatic N) is 1. The van der Waals surface area contributed by atoms with Crippen LogP contribution in [0.25, 0.3) is 11.1 Å². The van der Waals surface area contributed by atoms with Gasteiger partial charge in [-0.15, -0.1) is 0 Å². The fourth-order valence-electron chi connectivity index (χ4n) is 16.6. The Labute approximate surface area is 766 Å². The van der Waals surface area contributed by atoms with E-state index < -0.39 is 205 Å². The highest BCUT2D eigenvalue weighted by Gasteiger charge is 2.54. The number of hydrogen-bond donors (Lipinski definition) is 12. The molecule has 2 aliphatic carbocycles. The molecule has 3 heterocycles. The van der Waals surface area contributed by atoms with Crippen LogP contribution in [0.5, 0.6) is 0 Å². The molecule has 2 aromatic rings. The van der Waals surface area contributed by atoms with Crippen molar-refractivity contribution in [2.75, 3.05) is 91.3 Å². The molecule has 2 saturated heterocycles. The number of rotatable bonds is 37. The van der Waals surface area contributed by atoms with Crippen LogP contribution in [0.4, 0.5) is 9.59 Å². The number of piperidine rings is 1. The molecule has 3 aliphatic heterocycles. The zero-order valence-corrected chi connectivity index (χ0v) is 77.9. The fourth-order valence-corrected chi connectivity index (χ4v) is 19.2. The number of nitrogens with one attached hydrogen (secondary N) is 4. The Morgan fingerprint density at radius 1 is 0.698 bits per heavy atom. The highest BCUT2D eigenvalue weighted by atomic mass is 33.1. The Kier molecular flexibility index (Phi) is 45.4. The van der Waals surface area contributed by atoms with Gasteiger partial charge in [0.25, 0.3) is 11.7 Å². The van der Waals surface area contributed by atoms with Crippen molar-refractivity contribution in [2.24, 2.45) is 41.4 Å². The molecule has 12 N–H and O–H groups in total. The van der Waals surface area contributed by atoms with Crippen molar-refractivity contribution in [2.45, 2.75) is 249 Å². The van der Waals surface area contributed by atoms with Crippen LogP contribution in [-0.4, -0.2) is 298 Å². The van der Waals surface area contributed by atoms with Gasteiger partial charge in [0.2, 0.25) is 29.4 Å². The Bertz CT molecular complexity index is 4140. The second-order valence-corrected chi connectivity index (χ2v) is 37.8. The molecule has 34 nitrogen and oxygen atoms in total. The molecular weight excluding hydrogens is 1740 g/mol. The van der Waals surface area contributed by atoms with Crippen molar-refractivity contribution < 1.29 is 141 Å². The van der Waals surface area contributed by atoms with Crippen LogP contribution < -0.4 is 21.3 Å². The number of hydrogen-bond acceptors (Lipinski definition) is 31. The molecule has 0 radical (unpaired) electrons. The number of ketones is 3. The number of amides is 5. The summed E-state index contributed by atoms with van der Waals surface area (Å²) >= 11 is 0.761. The molecular formula is C92H133N5O29S3. The number of esters is 1. The van der Waals surface area contributed by atoms with Gasteiger partial charge in [0.1, 0.15) is 68.5 Å². The number of thioether (sulfide) groups is 1. The molecule has 129 heavy (non-hydrogen) atoms. The van der Waals surface area contributed by atoms with Gasteiger partial charge in [0.05, 0.1) is 49.8 Å². The maximum absolute atomic E-state index is 14.8.